The van der Waals surface area contributed by atoms with Gasteiger partial charge in [0.05, 0.1) is 30.5 Å². The Balaban J connectivity index is 1.86. The molecule has 3 unspecified atom stereocenters. The molecule has 2 bridgehead atoms. The first-order chi connectivity index (χ1) is 21.9. The minimum absolute atomic E-state index is 0.0522. The lowest BCUT2D eigenvalue weighted by atomic mass is 9.78. The SMILES string of the molecule is CC[C@H]1OC(=O)C(C)C(=O)[C@H](C)[C@@H](O[C@@H]2O[C@H](C)CC(N(C)C)C2O)[C@]2(C)C[C@@H](C)CN(C)[C@H](C)[C@H]3N(C/C=C\CO2)C(=O)O[C@]13C. The fourth-order valence-corrected chi connectivity index (χ4v) is 8.42. The largest absolute Gasteiger partial charge is 0.458 e. The topological polar surface area (TPSA) is 127 Å². The third-order valence-corrected chi connectivity index (χ3v) is 11.1. The summed E-state index contributed by atoms with van der Waals surface area (Å²) < 4.78 is 31.8. The van der Waals surface area contributed by atoms with Crippen molar-refractivity contribution in [1.29, 1.82) is 0 Å². The number of aliphatic hydroxyl groups is 1. The number of hydrogen-bond acceptors (Lipinski definition) is 11. The van der Waals surface area contributed by atoms with E-state index in [9.17, 15) is 19.5 Å². The number of Topliss-reactive ketones (excluding diaryl/α,β-unsaturated/α-hetero) is 1. The van der Waals surface area contributed by atoms with Gasteiger partial charge in [-0.3, -0.25) is 14.5 Å². The number of hydrogen-bond donors (Lipinski definition) is 1. The van der Waals surface area contributed by atoms with Gasteiger partial charge in [-0.25, -0.2) is 4.79 Å². The van der Waals surface area contributed by atoms with Crippen molar-refractivity contribution >= 4 is 17.8 Å². The molecule has 4 aliphatic heterocycles. The molecular formula is C35H59N3O9. The minimum atomic E-state index is -1.16. The molecule has 0 saturated carbocycles. The number of nitrogens with zero attached hydrogens (tertiary/aromatic N) is 3. The van der Waals surface area contributed by atoms with E-state index >= 15 is 0 Å². The van der Waals surface area contributed by atoms with Gasteiger partial charge in [0, 0.05) is 31.1 Å². The molecule has 3 fully saturated rings. The summed E-state index contributed by atoms with van der Waals surface area (Å²) in [5, 5.41) is 11.4. The number of fused-ring (bicyclic) bond motifs is 5. The summed E-state index contributed by atoms with van der Waals surface area (Å²) in [5.41, 5.74) is -2.19. The predicted molar refractivity (Wildman–Crippen MR) is 176 cm³/mol. The van der Waals surface area contributed by atoms with Crippen molar-refractivity contribution in [2.75, 3.05) is 40.8 Å². The van der Waals surface area contributed by atoms with Gasteiger partial charge in [0.25, 0.3) is 0 Å². The normalized spacial score (nSPS) is 45.3. The van der Waals surface area contributed by atoms with Crippen molar-refractivity contribution in [3.63, 3.8) is 0 Å². The van der Waals surface area contributed by atoms with Gasteiger partial charge in [0.2, 0.25) is 0 Å². The molecule has 0 aromatic heterocycles. The maximum atomic E-state index is 14.3. The molecule has 1 N–H and O–H groups in total. The number of amides is 1. The van der Waals surface area contributed by atoms with E-state index in [0.717, 1.165) is 0 Å². The predicted octanol–water partition coefficient (Wildman–Crippen LogP) is 3.25. The molecule has 268 valence electrons. The van der Waals surface area contributed by atoms with Crippen LogP contribution in [0.25, 0.3) is 0 Å². The number of carbonyl (C=O) groups excluding carboxylic acids is 3. The van der Waals surface area contributed by atoms with Crippen LogP contribution in [0.4, 0.5) is 4.79 Å². The lowest BCUT2D eigenvalue weighted by Gasteiger charge is -2.47. The summed E-state index contributed by atoms with van der Waals surface area (Å²) in [6.07, 6.45) is 0.939. The van der Waals surface area contributed by atoms with Gasteiger partial charge in [-0.05, 0) is 80.9 Å². The Morgan fingerprint density at radius 3 is 2.40 bits per heavy atom. The number of ether oxygens (including phenoxy) is 5. The number of esters is 1. The Morgan fingerprint density at radius 1 is 1.09 bits per heavy atom. The number of cyclic esters (lactones) is 1. The zero-order valence-corrected chi connectivity index (χ0v) is 30.3. The number of ketones is 1. The van der Waals surface area contributed by atoms with E-state index in [2.05, 4.69) is 18.7 Å². The molecule has 0 aromatic carbocycles. The molecule has 3 saturated heterocycles. The highest BCUT2D eigenvalue weighted by Crippen LogP contribution is 2.41. The van der Waals surface area contributed by atoms with Gasteiger partial charge >= 0.3 is 12.1 Å². The first kappa shape index (κ1) is 37.7. The van der Waals surface area contributed by atoms with E-state index in [1.165, 1.54) is 0 Å². The molecule has 0 radical (unpaired) electrons. The van der Waals surface area contributed by atoms with Crippen LogP contribution >= 0.6 is 0 Å². The van der Waals surface area contributed by atoms with E-state index in [-0.39, 0.29) is 43.0 Å². The molecule has 12 nitrogen and oxygen atoms in total. The molecular weight excluding hydrogens is 606 g/mol. The highest BCUT2D eigenvalue weighted by molar-refractivity contribution is 6.00. The van der Waals surface area contributed by atoms with Crippen LogP contribution in [0.15, 0.2) is 12.2 Å². The summed E-state index contributed by atoms with van der Waals surface area (Å²) in [6.45, 7) is 16.2. The van der Waals surface area contributed by atoms with Crippen molar-refractivity contribution < 1.29 is 43.2 Å². The second-order valence-electron chi connectivity index (χ2n) is 15.1. The van der Waals surface area contributed by atoms with Crippen LogP contribution in [0.2, 0.25) is 0 Å². The van der Waals surface area contributed by atoms with Crippen LogP contribution in [-0.2, 0) is 33.3 Å². The first-order valence-electron chi connectivity index (χ1n) is 17.3. The van der Waals surface area contributed by atoms with Crippen LogP contribution < -0.4 is 0 Å². The number of likely N-dealkylation sites (N-methyl/N-ethyl adjacent to an activating group) is 2. The standard InChI is InChI=1S/C35H59N3O9/c1-12-26-35(8)29-24(6)37(11)19-20(2)18-34(7,43-16-14-13-15-38(29)33(42)47-35)30(22(4)27(39)23(5)31(41)45-26)46-32-28(40)25(36(9)10)17-21(3)44-32/h13-14,20-26,28-30,32,40H,12,15-19H2,1-11H3/b14-13-/t20-,21-,22+,23?,24-,25?,26-,28?,29-,30-,32+,34+,35-/m1/s1. The van der Waals surface area contributed by atoms with Crippen LogP contribution in [0.5, 0.6) is 0 Å². The van der Waals surface area contributed by atoms with Gasteiger partial charge in [-0.1, -0.05) is 32.9 Å². The molecule has 0 aliphatic carbocycles. The molecule has 0 aromatic rings. The van der Waals surface area contributed by atoms with Gasteiger partial charge < -0.3 is 38.6 Å². The Bertz CT molecular complexity index is 1170. The number of rotatable bonds is 4. The molecule has 0 spiro atoms. The van der Waals surface area contributed by atoms with Gasteiger partial charge in [-0.2, -0.15) is 0 Å². The van der Waals surface area contributed by atoms with E-state index in [4.69, 9.17) is 23.7 Å². The van der Waals surface area contributed by atoms with Crippen LogP contribution in [-0.4, -0.2) is 139 Å². The molecule has 4 heterocycles. The third kappa shape index (κ3) is 7.57. The second kappa shape index (κ2) is 14.8. The minimum Gasteiger partial charge on any atom is -0.458 e. The van der Waals surface area contributed by atoms with Gasteiger partial charge in [0.15, 0.2) is 17.7 Å². The summed E-state index contributed by atoms with van der Waals surface area (Å²) >= 11 is 0. The third-order valence-electron chi connectivity index (χ3n) is 11.1. The van der Waals surface area contributed by atoms with Crippen molar-refractivity contribution in [2.45, 2.75) is 135 Å². The van der Waals surface area contributed by atoms with Crippen molar-refractivity contribution in [2.24, 2.45) is 17.8 Å². The van der Waals surface area contributed by atoms with E-state index in [1.54, 1.807) is 18.7 Å². The zero-order chi connectivity index (χ0) is 35.0. The molecule has 12 heteroatoms. The maximum absolute atomic E-state index is 14.3. The average molecular weight is 666 g/mol. The Morgan fingerprint density at radius 2 is 1.77 bits per heavy atom. The molecule has 1 amide bonds. The van der Waals surface area contributed by atoms with Gasteiger partial charge in [-0.15, -0.1) is 0 Å². The fourth-order valence-electron chi connectivity index (χ4n) is 8.42. The van der Waals surface area contributed by atoms with Crippen LogP contribution in [0.1, 0.15) is 74.7 Å². The van der Waals surface area contributed by atoms with Gasteiger partial charge in [0.1, 0.15) is 18.1 Å². The first-order valence-corrected chi connectivity index (χ1v) is 17.3. The molecule has 47 heavy (non-hydrogen) atoms. The van der Waals surface area contributed by atoms with Crippen LogP contribution in [0, 0.1) is 17.8 Å². The van der Waals surface area contributed by atoms with Crippen molar-refractivity contribution in [1.82, 2.24) is 14.7 Å². The average Bonchev–Trinajstić information content (AvgIpc) is 3.26. The smallest absolute Gasteiger partial charge is 0.411 e. The summed E-state index contributed by atoms with van der Waals surface area (Å²) in [7, 11) is 5.85. The lowest BCUT2D eigenvalue weighted by molar-refractivity contribution is -0.297. The Hall–Kier alpha value is -2.09. The maximum Gasteiger partial charge on any atom is 0.411 e. The van der Waals surface area contributed by atoms with E-state index in [0.29, 0.717) is 25.8 Å². The quantitative estimate of drug-likeness (QED) is 0.270. The summed E-state index contributed by atoms with van der Waals surface area (Å²) in [6, 6.07) is -0.828. The fraction of sp³-hybridized carbons (Fsp3) is 0.857. The monoisotopic (exact) mass is 665 g/mol. The lowest BCUT2D eigenvalue weighted by Crippen LogP contribution is -2.61. The Kier molecular flexibility index (Phi) is 11.9. The van der Waals surface area contributed by atoms with Crippen molar-refractivity contribution in [3.8, 4) is 0 Å². The van der Waals surface area contributed by atoms with E-state index in [1.807, 2.05) is 65.9 Å². The highest BCUT2D eigenvalue weighted by atomic mass is 16.7. The van der Waals surface area contributed by atoms with Crippen molar-refractivity contribution in [3.05, 3.63) is 12.2 Å². The molecule has 4 aliphatic rings. The molecule has 4 rings (SSSR count). The highest BCUT2D eigenvalue weighted by Gasteiger charge is 2.59. The second-order valence-corrected chi connectivity index (χ2v) is 15.1. The molecule has 13 atom stereocenters. The Labute approximate surface area is 281 Å². The van der Waals surface area contributed by atoms with E-state index < -0.39 is 65.7 Å². The number of carbonyl (C=O) groups is 3. The zero-order valence-electron chi connectivity index (χ0n) is 30.3. The number of aliphatic hydroxyl groups excluding tert-OH is 1. The van der Waals surface area contributed by atoms with Crippen LogP contribution in [0.3, 0.4) is 0 Å². The summed E-state index contributed by atoms with van der Waals surface area (Å²) in [5.74, 6) is -2.96. The summed E-state index contributed by atoms with van der Waals surface area (Å²) in [4.78, 5) is 47.4.